The Morgan fingerprint density at radius 3 is 2.86 bits per heavy atom. The minimum Gasteiger partial charge on any atom is -0.466 e. The number of hydrogen-bond acceptors (Lipinski definition) is 5. The predicted octanol–water partition coefficient (Wildman–Crippen LogP) is 2.48. The van der Waals surface area contributed by atoms with Gasteiger partial charge in [-0.3, -0.25) is 9.36 Å². The summed E-state index contributed by atoms with van der Waals surface area (Å²) in [6.45, 7) is 4.57. The van der Waals surface area contributed by atoms with E-state index in [0.29, 0.717) is 29.6 Å². The molecule has 0 aliphatic carbocycles. The third-order valence-corrected chi connectivity index (χ3v) is 5.60. The van der Waals surface area contributed by atoms with E-state index in [1.165, 1.54) is 4.90 Å². The lowest BCUT2D eigenvalue weighted by Gasteiger charge is -2.28. The van der Waals surface area contributed by atoms with Gasteiger partial charge in [0, 0.05) is 0 Å². The molecule has 1 unspecified atom stereocenters. The van der Waals surface area contributed by atoms with Crippen molar-refractivity contribution < 1.29 is 18.8 Å². The first-order valence-electron chi connectivity index (χ1n) is 9.96. The molecule has 1 fully saturated rings. The van der Waals surface area contributed by atoms with E-state index in [2.05, 4.69) is 0 Å². The summed E-state index contributed by atoms with van der Waals surface area (Å²) in [5.74, 6) is 1.18. The van der Waals surface area contributed by atoms with E-state index in [4.69, 9.17) is 26.5 Å². The van der Waals surface area contributed by atoms with Gasteiger partial charge in [-0.2, -0.15) is 4.68 Å². The molecule has 29 heavy (non-hydrogen) atoms. The number of carbonyl (C=O) groups is 1. The Bertz CT molecular complexity index is 1010. The first-order valence-corrected chi connectivity index (χ1v) is 10.4. The maximum absolute atomic E-state index is 12.2. The number of rotatable bonds is 6. The van der Waals surface area contributed by atoms with Crippen LogP contribution < -0.4 is 4.90 Å². The van der Waals surface area contributed by atoms with Crippen molar-refractivity contribution in [1.29, 1.82) is 0 Å². The molecule has 1 saturated heterocycles. The Morgan fingerprint density at radius 1 is 1.31 bits per heavy atom. The van der Waals surface area contributed by atoms with Crippen LogP contribution in [0.5, 0.6) is 0 Å². The van der Waals surface area contributed by atoms with Gasteiger partial charge in [-0.1, -0.05) is 18.2 Å². The van der Waals surface area contributed by atoms with Crippen molar-refractivity contribution >= 4 is 18.2 Å². The lowest BCUT2D eigenvalue weighted by Crippen LogP contribution is -3.13. The van der Waals surface area contributed by atoms with E-state index in [0.717, 1.165) is 31.6 Å². The molecule has 0 amide bonds. The summed E-state index contributed by atoms with van der Waals surface area (Å²) in [6, 6.07) is 13.6. The van der Waals surface area contributed by atoms with Gasteiger partial charge in [-0.15, -0.1) is 5.10 Å². The van der Waals surface area contributed by atoms with Crippen LogP contribution in [-0.4, -0.2) is 40.0 Å². The number of hydrogen-bond donors (Lipinski definition) is 1. The summed E-state index contributed by atoms with van der Waals surface area (Å²) >= 11 is 5.78. The minimum absolute atomic E-state index is 0.0615. The second-order valence-electron chi connectivity index (χ2n) is 7.21. The van der Waals surface area contributed by atoms with E-state index in [1.54, 1.807) is 6.26 Å². The predicted molar refractivity (Wildman–Crippen MR) is 110 cm³/mol. The number of benzene rings is 1. The molecule has 0 saturated carbocycles. The molecular weight excluding hydrogens is 388 g/mol. The lowest BCUT2D eigenvalue weighted by molar-refractivity contribution is -0.930. The Labute approximate surface area is 174 Å². The molecule has 3 aromatic rings. The van der Waals surface area contributed by atoms with Crippen molar-refractivity contribution in [2.24, 2.45) is 5.92 Å². The van der Waals surface area contributed by atoms with E-state index in [9.17, 15) is 4.79 Å². The van der Waals surface area contributed by atoms with Crippen molar-refractivity contribution in [3.8, 4) is 17.3 Å². The Morgan fingerprint density at radius 2 is 2.14 bits per heavy atom. The SMILES string of the molecule is CCOC(=O)[C@H]1CCC[NH+](Cn2nc(-c3ccco3)n(-c3ccccc3)c2=S)C1. The van der Waals surface area contributed by atoms with Gasteiger partial charge in [-0.25, -0.2) is 0 Å². The first-order chi connectivity index (χ1) is 14.2. The van der Waals surface area contributed by atoms with E-state index in [1.807, 2.05) is 58.6 Å². The number of quaternary nitrogens is 1. The van der Waals surface area contributed by atoms with Crippen LogP contribution in [0.4, 0.5) is 0 Å². The van der Waals surface area contributed by atoms with Gasteiger partial charge in [0.2, 0.25) is 10.6 Å². The molecule has 2 aromatic heterocycles. The summed E-state index contributed by atoms with van der Waals surface area (Å²) in [6.07, 6.45) is 3.49. The van der Waals surface area contributed by atoms with Crippen LogP contribution in [0.25, 0.3) is 17.3 Å². The molecule has 1 N–H and O–H groups in total. The topological polar surface area (TPSA) is 66.6 Å². The van der Waals surface area contributed by atoms with E-state index < -0.39 is 0 Å². The van der Waals surface area contributed by atoms with Gasteiger partial charge in [0.25, 0.3) is 0 Å². The monoisotopic (exact) mass is 413 g/mol. The highest BCUT2D eigenvalue weighted by Gasteiger charge is 2.30. The number of carbonyl (C=O) groups excluding carboxylic acids is 1. The third-order valence-electron chi connectivity index (χ3n) is 5.21. The summed E-state index contributed by atoms with van der Waals surface area (Å²) in [5, 5.41) is 4.77. The number of nitrogens with zero attached hydrogens (tertiary/aromatic N) is 3. The number of ether oxygens (including phenoxy) is 1. The largest absolute Gasteiger partial charge is 0.466 e. The smallest absolute Gasteiger partial charge is 0.314 e. The number of esters is 1. The quantitative estimate of drug-likeness (QED) is 0.497. The molecule has 152 valence electrons. The second-order valence-corrected chi connectivity index (χ2v) is 7.57. The van der Waals surface area contributed by atoms with Gasteiger partial charge >= 0.3 is 5.97 Å². The Hall–Kier alpha value is -2.71. The van der Waals surface area contributed by atoms with Crippen molar-refractivity contribution in [2.45, 2.75) is 26.4 Å². The zero-order valence-corrected chi connectivity index (χ0v) is 17.2. The van der Waals surface area contributed by atoms with Gasteiger partial charge in [0.15, 0.2) is 12.4 Å². The summed E-state index contributed by atoms with van der Waals surface area (Å²) < 4.78 is 15.2. The highest BCUT2D eigenvalue weighted by atomic mass is 32.1. The number of aromatic nitrogens is 3. The molecule has 0 spiro atoms. The zero-order chi connectivity index (χ0) is 20.2. The fourth-order valence-corrected chi connectivity index (χ4v) is 4.15. The molecule has 1 aliphatic rings. The van der Waals surface area contributed by atoms with Crippen LogP contribution in [-0.2, 0) is 16.2 Å². The standard InChI is InChI=1S/C21H24N4O3S/c1-2-27-20(26)16-8-6-12-23(14-16)15-24-21(29)25(17-9-4-3-5-10-17)19(22-24)18-11-7-13-28-18/h3-5,7,9-11,13,16H,2,6,8,12,14-15H2,1H3/p+1/t16-/m0/s1. The summed E-state index contributed by atoms with van der Waals surface area (Å²) in [5.41, 5.74) is 0.938. The molecule has 0 bridgehead atoms. The van der Waals surface area contributed by atoms with Crippen LogP contribution in [0, 0.1) is 10.7 Å². The Kier molecular flexibility index (Phi) is 5.92. The van der Waals surface area contributed by atoms with Crippen molar-refractivity contribution in [2.75, 3.05) is 19.7 Å². The normalized spacial score (nSPS) is 19.2. The molecule has 3 heterocycles. The molecule has 2 atom stereocenters. The van der Waals surface area contributed by atoms with Gasteiger partial charge in [0.05, 0.1) is 31.6 Å². The minimum atomic E-state index is -0.0978. The number of likely N-dealkylation sites (tertiary alicyclic amines) is 1. The van der Waals surface area contributed by atoms with Crippen molar-refractivity contribution in [3.05, 3.63) is 53.5 Å². The molecule has 1 aliphatic heterocycles. The average Bonchev–Trinajstić information content (AvgIpc) is 3.38. The Balaban J connectivity index is 1.63. The number of para-hydroxylation sites is 1. The van der Waals surface area contributed by atoms with Crippen LogP contribution >= 0.6 is 12.2 Å². The summed E-state index contributed by atoms with van der Waals surface area (Å²) in [7, 11) is 0. The highest BCUT2D eigenvalue weighted by molar-refractivity contribution is 7.71. The molecular formula is C21H25N4O3S+. The van der Waals surface area contributed by atoms with Crippen LogP contribution in [0.1, 0.15) is 19.8 Å². The number of nitrogens with one attached hydrogen (secondary N) is 1. The van der Waals surface area contributed by atoms with Crippen LogP contribution in [0.2, 0.25) is 0 Å². The maximum Gasteiger partial charge on any atom is 0.314 e. The molecule has 8 heteroatoms. The molecule has 7 nitrogen and oxygen atoms in total. The summed E-state index contributed by atoms with van der Waals surface area (Å²) in [4.78, 5) is 13.4. The molecule has 0 radical (unpaired) electrons. The average molecular weight is 414 g/mol. The van der Waals surface area contributed by atoms with Gasteiger partial charge in [0.1, 0.15) is 5.92 Å². The van der Waals surface area contributed by atoms with Gasteiger partial charge < -0.3 is 14.1 Å². The van der Waals surface area contributed by atoms with E-state index in [-0.39, 0.29) is 11.9 Å². The maximum atomic E-state index is 12.2. The number of furan rings is 1. The molecule has 1 aromatic carbocycles. The molecule has 4 rings (SSSR count). The fourth-order valence-electron chi connectivity index (χ4n) is 3.85. The van der Waals surface area contributed by atoms with Crippen LogP contribution in [0.3, 0.4) is 0 Å². The zero-order valence-electron chi connectivity index (χ0n) is 16.4. The van der Waals surface area contributed by atoms with Crippen molar-refractivity contribution in [1.82, 2.24) is 14.3 Å². The highest BCUT2D eigenvalue weighted by Crippen LogP contribution is 2.22. The first kappa shape index (κ1) is 19.6. The fraction of sp³-hybridized carbons (Fsp3) is 0.381. The number of piperidine rings is 1. The van der Waals surface area contributed by atoms with E-state index >= 15 is 0 Å². The van der Waals surface area contributed by atoms with Gasteiger partial charge in [-0.05, 0) is 56.2 Å². The van der Waals surface area contributed by atoms with Crippen LogP contribution in [0.15, 0.2) is 53.1 Å². The van der Waals surface area contributed by atoms with Crippen molar-refractivity contribution in [3.63, 3.8) is 0 Å². The third kappa shape index (κ3) is 4.18. The second kappa shape index (κ2) is 8.75. The lowest BCUT2D eigenvalue weighted by atomic mass is 9.99.